The Kier molecular flexibility index (Phi) is 4.15. The van der Waals surface area contributed by atoms with E-state index in [0.717, 1.165) is 0 Å². The smallest absolute Gasteiger partial charge is 0.293 e. The molecule has 0 aliphatic carbocycles. The Balaban J connectivity index is 1.91. The second-order valence-corrected chi connectivity index (χ2v) is 5.70. The van der Waals surface area contributed by atoms with Crippen LogP contribution in [0.3, 0.4) is 0 Å². The van der Waals surface area contributed by atoms with E-state index in [2.05, 4.69) is 15.3 Å². The number of amides is 1. The van der Waals surface area contributed by atoms with Crippen LogP contribution >= 0.6 is 0 Å². The van der Waals surface area contributed by atoms with E-state index < -0.39 is 10.5 Å². The average molecular weight is 331 g/mol. The van der Waals surface area contributed by atoms with E-state index in [1.54, 1.807) is 11.8 Å². The van der Waals surface area contributed by atoms with Crippen LogP contribution in [0.1, 0.15) is 19.8 Å². The molecule has 0 saturated carbocycles. The highest BCUT2D eigenvalue weighted by Crippen LogP contribution is 2.29. The first-order chi connectivity index (χ1) is 11.5. The van der Waals surface area contributed by atoms with Gasteiger partial charge in [0.1, 0.15) is 5.69 Å². The Morgan fingerprint density at radius 1 is 1.54 bits per heavy atom. The molecule has 126 valence electrons. The quantitative estimate of drug-likeness (QED) is 0.642. The van der Waals surface area contributed by atoms with Crippen molar-refractivity contribution in [2.75, 3.05) is 18.4 Å². The predicted molar refractivity (Wildman–Crippen MR) is 87.9 cm³/mol. The van der Waals surface area contributed by atoms with Gasteiger partial charge in [0, 0.05) is 31.6 Å². The molecule has 1 aliphatic heterocycles. The molecule has 1 unspecified atom stereocenters. The lowest BCUT2D eigenvalue weighted by Crippen LogP contribution is -2.31. The number of anilines is 1. The van der Waals surface area contributed by atoms with Crippen molar-refractivity contribution in [3.05, 3.63) is 38.9 Å². The van der Waals surface area contributed by atoms with Crippen LogP contribution in [-0.2, 0) is 4.79 Å². The molecule has 1 aromatic heterocycles. The zero-order valence-electron chi connectivity index (χ0n) is 13.1. The third-order valence-corrected chi connectivity index (χ3v) is 4.16. The molecular formula is C15H17N5O4. The highest BCUT2D eigenvalue weighted by Gasteiger charge is 2.27. The molecule has 9 heteroatoms. The highest BCUT2D eigenvalue weighted by molar-refractivity contribution is 5.86. The minimum atomic E-state index is -0.530. The molecule has 1 aliphatic rings. The van der Waals surface area contributed by atoms with Crippen molar-refractivity contribution < 1.29 is 9.72 Å². The fraction of sp³-hybridized carbons (Fsp3) is 0.400. The van der Waals surface area contributed by atoms with Gasteiger partial charge in [-0.2, -0.15) is 0 Å². The summed E-state index contributed by atoms with van der Waals surface area (Å²) in [6.45, 7) is 2.94. The number of carbonyl (C=O) groups is 1. The molecule has 3 rings (SSSR count). The molecule has 1 fully saturated rings. The Morgan fingerprint density at radius 2 is 2.33 bits per heavy atom. The normalized spacial score (nSPS) is 17.2. The summed E-state index contributed by atoms with van der Waals surface area (Å²) in [7, 11) is 0. The number of nitro groups is 1. The van der Waals surface area contributed by atoms with E-state index in [1.807, 2.05) is 0 Å². The van der Waals surface area contributed by atoms with Gasteiger partial charge in [0.15, 0.2) is 0 Å². The van der Waals surface area contributed by atoms with Crippen molar-refractivity contribution in [1.29, 1.82) is 0 Å². The summed E-state index contributed by atoms with van der Waals surface area (Å²) in [5, 5.41) is 14.6. The van der Waals surface area contributed by atoms with Crippen LogP contribution in [0.2, 0.25) is 0 Å². The SMILES string of the molecule is CCC(=O)N1CCC(Nc2cc3nc[nH]c(=O)c3cc2[N+](=O)[O-])C1. The Hall–Kier alpha value is -2.97. The van der Waals surface area contributed by atoms with Crippen LogP contribution in [0.15, 0.2) is 23.3 Å². The van der Waals surface area contributed by atoms with E-state index in [0.29, 0.717) is 37.1 Å². The molecule has 1 amide bonds. The number of carbonyl (C=O) groups excluding carboxylic acids is 1. The molecule has 2 aromatic rings. The minimum Gasteiger partial charge on any atom is -0.375 e. The third-order valence-electron chi connectivity index (χ3n) is 4.16. The zero-order valence-corrected chi connectivity index (χ0v) is 13.1. The van der Waals surface area contributed by atoms with E-state index in [4.69, 9.17) is 0 Å². The van der Waals surface area contributed by atoms with Gasteiger partial charge in [-0.05, 0) is 12.5 Å². The van der Waals surface area contributed by atoms with Crippen molar-refractivity contribution >= 4 is 28.2 Å². The van der Waals surface area contributed by atoms with Crippen molar-refractivity contribution in [3.8, 4) is 0 Å². The molecule has 2 N–H and O–H groups in total. The van der Waals surface area contributed by atoms with Gasteiger partial charge in [0.25, 0.3) is 11.2 Å². The van der Waals surface area contributed by atoms with E-state index in [9.17, 15) is 19.7 Å². The summed E-state index contributed by atoms with van der Waals surface area (Å²) in [6, 6.07) is 2.67. The fourth-order valence-corrected chi connectivity index (χ4v) is 2.92. The minimum absolute atomic E-state index is 0.0699. The summed E-state index contributed by atoms with van der Waals surface area (Å²) >= 11 is 0. The maximum absolute atomic E-state index is 11.8. The van der Waals surface area contributed by atoms with Gasteiger partial charge >= 0.3 is 0 Å². The Morgan fingerprint density at radius 3 is 3.04 bits per heavy atom. The number of aromatic amines is 1. The van der Waals surface area contributed by atoms with Gasteiger partial charge in [-0.3, -0.25) is 19.7 Å². The maximum Gasteiger partial charge on any atom is 0.293 e. The number of benzene rings is 1. The van der Waals surface area contributed by atoms with Gasteiger partial charge in [0.2, 0.25) is 5.91 Å². The molecule has 2 heterocycles. The fourth-order valence-electron chi connectivity index (χ4n) is 2.92. The number of hydrogen-bond donors (Lipinski definition) is 2. The summed E-state index contributed by atoms with van der Waals surface area (Å²) < 4.78 is 0. The Bertz CT molecular complexity index is 863. The monoisotopic (exact) mass is 331 g/mol. The van der Waals surface area contributed by atoms with E-state index in [-0.39, 0.29) is 23.0 Å². The predicted octanol–water partition coefficient (Wildman–Crippen LogP) is 1.25. The second-order valence-electron chi connectivity index (χ2n) is 5.70. The van der Waals surface area contributed by atoms with Gasteiger partial charge in [0.05, 0.1) is 22.2 Å². The molecule has 9 nitrogen and oxygen atoms in total. The van der Waals surface area contributed by atoms with Crippen LogP contribution in [0, 0.1) is 10.1 Å². The number of aromatic nitrogens is 2. The number of rotatable bonds is 4. The number of nitro benzene ring substituents is 1. The molecule has 24 heavy (non-hydrogen) atoms. The lowest BCUT2D eigenvalue weighted by Gasteiger charge is -2.17. The molecule has 1 saturated heterocycles. The van der Waals surface area contributed by atoms with Crippen molar-refractivity contribution in [3.63, 3.8) is 0 Å². The molecule has 0 bridgehead atoms. The first kappa shape index (κ1) is 15.9. The summed E-state index contributed by atoms with van der Waals surface area (Å²) in [4.78, 5) is 42.5. The molecular weight excluding hydrogens is 314 g/mol. The molecule has 1 aromatic carbocycles. The second kappa shape index (κ2) is 6.26. The number of nitrogens with zero attached hydrogens (tertiary/aromatic N) is 3. The maximum atomic E-state index is 11.8. The Labute approximate surface area is 136 Å². The number of H-pyrrole nitrogens is 1. The third kappa shape index (κ3) is 2.92. The van der Waals surface area contributed by atoms with Crippen LogP contribution in [0.4, 0.5) is 11.4 Å². The molecule has 0 spiro atoms. The van der Waals surface area contributed by atoms with Crippen LogP contribution in [0.5, 0.6) is 0 Å². The van der Waals surface area contributed by atoms with Crippen molar-refractivity contribution in [2.45, 2.75) is 25.8 Å². The standard InChI is InChI=1S/C15H17N5O4/c1-2-14(21)19-4-3-9(7-19)18-12-6-11-10(5-13(12)20(23)24)15(22)17-8-16-11/h5-6,8-9,18H,2-4,7H2,1H3,(H,16,17,22). The number of nitrogens with one attached hydrogen (secondary N) is 2. The first-order valence-corrected chi connectivity index (χ1v) is 7.69. The van der Waals surface area contributed by atoms with E-state index >= 15 is 0 Å². The molecule has 1 atom stereocenters. The largest absolute Gasteiger partial charge is 0.375 e. The van der Waals surface area contributed by atoms with Crippen LogP contribution in [-0.4, -0.2) is 44.8 Å². The van der Waals surface area contributed by atoms with Gasteiger partial charge < -0.3 is 15.2 Å². The van der Waals surface area contributed by atoms with Gasteiger partial charge in [-0.15, -0.1) is 0 Å². The van der Waals surface area contributed by atoms with Crippen molar-refractivity contribution in [1.82, 2.24) is 14.9 Å². The highest BCUT2D eigenvalue weighted by atomic mass is 16.6. The van der Waals surface area contributed by atoms with E-state index in [1.165, 1.54) is 18.5 Å². The number of fused-ring (bicyclic) bond motifs is 1. The number of likely N-dealkylation sites (tertiary alicyclic amines) is 1. The summed E-state index contributed by atoms with van der Waals surface area (Å²) in [6.07, 6.45) is 2.41. The van der Waals surface area contributed by atoms with Crippen LogP contribution in [0.25, 0.3) is 10.9 Å². The van der Waals surface area contributed by atoms with Gasteiger partial charge in [-0.1, -0.05) is 6.92 Å². The lowest BCUT2D eigenvalue weighted by molar-refractivity contribution is -0.383. The lowest BCUT2D eigenvalue weighted by atomic mass is 10.1. The van der Waals surface area contributed by atoms with Gasteiger partial charge in [-0.25, -0.2) is 4.98 Å². The first-order valence-electron chi connectivity index (χ1n) is 7.69. The van der Waals surface area contributed by atoms with Crippen molar-refractivity contribution in [2.24, 2.45) is 0 Å². The molecule has 0 radical (unpaired) electrons. The summed E-state index contributed by atoms with van der Waals surface area (Å²) in [5.41, 5.74) is 0.0873. The van der Waals surface area contributed by atoms with Crippen LogP contribution < -0.4 is 10.9 Å². The topological polar surface area (TPSA) is 121 Å². The average Bonchev–Trinajstić information content (AvgIpc) is 3.02. The zero-order chi connectivity index (χ0) is 17.3. The number of hydrogen-bond acceptors (Lipinski definition) is 6. The summed E-state index contributed by atoms with van der Waals surface area (Å²) in [5.74, 6) is 0.0699.